The van der Waals surface area contributed by atoms with Gasteiger partial charge in [-0.05, 0) is 49.1 Å². The van der Waals surface area contributed by atoms with Gasteiger partial charge in [0.1, 0.15) is 0 Å². The molecule has 2 aliphatic heterocycles. The predicted octanol–water partition coefficient (Wildman–Crippen LogP) is 4.65. The van der Waals surface area contributed by atoms with Crippen molar-refractivity contribution in [2.45, 2.75) is 57.8 Å². The Hall–Kier alpha value is -3.79. The number of esters is 1. The number of benzene rings is 2. The molecule has 4 amide bonds. The van der Waals surface area contributed by atoms with Crippen LogP contribution in [0.25, 0.3) is 10.9 Å². The molecule has 2 aromatic carbocycles. The van der Waals surface area contributed by atoms with E-state index in [1.807, 2.05) is 35.2 Å². The Kier molecular flexibility index (Phi) is 7.16. The number of ether oxygens (including phenoxy) is 1. The van der Waals surface area contributed by atoms with E-state index in [0.717, 1.165) is 27.7 Å². The van der Waals surface area contributed by atoms with Crippen molar-refractivity contribution in [2.75, 3.05) is 18.4 Å². The van der Waals surface area contributed by atoms with E-state index in [1.165, 1.54) is 0 Å². The molecule has 3 heterocycles. The number of aromatic nitrogens is 2. The Bertz CT molecular complexity index is 1370. The maximum atomic E-state index is 13.3. The highest BCUT2D eigenvalue weighted by atomic mass is 35.5. The van der Waals surface area contributed by atoms with Crippen LogP contribution in [0.4, 0.5) is 15.3 Å². The Labute approximate surface area is 225 Å². The van der Waals surface area contributed by atoms with Gasteiger partial charge in [-0.3, -0.25) is 15.2 Å². The molecule has 3 aromatic rings. The minimum Gasteiger partial charge on any atom is -0.439 e. The number of amides is 4. The summed E-state index contributed by atoms with van der Waals surface area (Å²) < 4.78 is 5.72. The molecule has 0 spiro atoms. The zero-order chi connectivity index (χ0) is 26.9. The van der Waals surface area contributed by atoms with Gasteiger partial charge in [0, 0.05) is 49.6 Å². The average Bonchev–Trinajstić information content (AvgIpc) is 3.37. The number of rotatable bonds is 6. The molecule has 0 aliphatic carbocycles. The largest absolute Gasteiger partial charge is 0.439 e. The summed E-state index contributed by atoms with van der Waals surface area (Å²) >= 11 is 6.40. The molecule has 38 heavy (non-hydrogen) atoms. The number of halogens is 1. The van der Waals surface area contributed by atoms with Crippen LogP contribution in [-0.2, 0) is 22.5 Å². The number of para-hydroxylation sites is 1. The van der Waals surface area contributed by atoms with E-state index in [0.29, 0.717) is 37.5 Å². The summed E-state index contributed by atoms with van der Waals surface area (Å²) in [5.74, 6) is -0.418. The Balaban J connectivity index is 1.24. The second-order valence-corrected chi connectivity index (χ2v) is 10.4. The van der Waals surface area contributed by atoms with Crippen LogP contribution < -0.4 is 10.6 Å². The molecule has 1 atom stereocenters. The highest BCUT2D eigenvalue weighted by Gasteiger charge is 2.36. The van der Waals surface area contributed by atoms with Crippen molar-refractivity contribution in [3.63, 3.8) is 0 Å². The number of nitrogens with zero attached hydrogens (tertiary/aromatic N) is 3. The maximum absolute atomic E-state index is 13.3. The fourth-order valence-corrected chi connectivity index (χ4v) is 5.49. The minimum atomic E-state index is -1.28. The van der Waals surface area contributed by atoms with Crippen molar-refractivity contribution >= 4 is 46.2 Å². The van der Waals surface area contributed by atoms with Crippen LogP contribution in [0.3, 0.4) is 0 Å². The lowest BCUT2D eigenvalue weighted by Gasteiger charge is -2.41. The number of piperidine rings is 1. The number of hydrogen-bond donors (Lipinski definition) is 3. The Morgan fingerprint density at radius 1 is 1.24 bits per heavy atom. The summed E-state index contributed by atoms with van der Waals surface area (Å²) in [5, 5.41) is 14.1. The molecule has 1 saturated heterocycles. The Morgan fingerprint density at radius 3 is 2.76 bits per heavy atom. The lowest BCUT2D eigenvalue weighted by Crippen LogP contribution is -2.58. The normalized spacial score (nSPS) is 17.5. The third-order valence-electron chi connectivity index (χ3n) is 7.15. The van der Waals surface area contributed by atoms with E-state index < -0.39 is 11.7 Å². The van der Waals surface area contributed by atoms with Crippen LogP contribution in [-0.4, -0.2) is 62.9 Å². The summed E-state index contributed by atoms with van der Waals surface area (Å²) in [4.78, 5) is 41.9. The summed E-state index contributed by atoms with van der Waals surface area (Å²) in [6, 6.07) is 11.1. The number of carbonyl (C=O) groups is 3. The van der Waals surface area contributed by atoms with Crippen molar-refractivity contribution in [1.82, 2.24) is 25.3 Å². The molecular weight excluding hydrogens is 508 g/mol. The van der Waals surface area contributed by atoms with Crippen molar-refractivity contribution in [3.05, 3.63) is 58.7 Å². The van der Waals surface area contributed by atoms with E-state index in [1.54, 1.807) is 31.0 Å². The molecule has 3 N–H and O–H groups in total. The van der Waals surface area contributed by atoms with E-state index in [9.17, 15) is 14.4 Å². The average molecular weight is 539 g/mol. The van der Waals surface area contributed by atoms with Crippen molar-refractivity contribution < 1.29 is 19.1 Å². The van der Waals surface area contributed by atoms with Gasteiger partial charge < -0.3 is 19.9 Å². The lowest BCUT2D eigenvalue weighted by atomic mass is 10.0. The van der Waals surface area contributed by atoms with Gasteiger partial charge in [0.25, 0.3) is 0 Å². The third-order valence-corrected chi connectivity index (χ3v) is 7.45. The highest BCUT2D eigenvalue weighted by molar-refractivity contribution is 6.35. The van der Waals surface area contributed by atoms with Crippen molar-refractivity contribution in [3.8, 4) is 0 Å². The van der Waals surface area contributed by atoms with Gasteiger partial charge in [0.05, 0.1) is 16.7 Å². The molecule has 0 bridgehead atoms. The zero-order valence-electron chi connectivity index (χ0n) is 21.4. The number of hydrogen-bond acceptors (Lipinski definition) is 5. The molecule has 0 saturated carbocycles. The fourth-order valence-electron chi connectivity index (χ4n) is 5.20. The summed E-state index contributed by atoms with van der Waals surface area (Å²) in [6.45, 7) is 4.90. The summed E-state index contributed by atoms with van der Waals surface area (Å²) in [5.41, 5.74) is 2.17. The summed E-state index contributed by atoms with van der Waals surface area (Å²) in [7, 11) is 0. The Morgan fingerprint density at radius 2 is 2.00 bits per heavy atom. The quantitative estimate of drug-likeness (QED) is 0.312. The second kappa shape index (κ2) is 10.5. The topological polar surface area (TPSA) is 120 Å². The second-order valence-electron chi connectivity index (χ2n) is 10.0. The van der Waals surface area contributed by atoms with Gasteiger partial charge in [-0.15, -0.1) is 0 Å². The molecular formula is C27H31ClN6O4. The predicted molar refractivity (Wildman–Crippen MR) is 144 cm³/mol. The van der Waals surface area contributed by atoms with Gasteiger partial charge in [-0.1, -0.05) is 36.7 Å². The van der Waals surface area contributed by atoms with Gasteiger partial charge in [0.15, 0.2) is 5.72 Å². The molecule has 5 rings (SSSR count). The van der Waals surface area contributed by atoms with Crippen molar-refractivity contribution in [2.24, 2.45) is 0 Å². The first-order valence-electron chi connectivity index (χ1n) is 12.8. The lowest BCUT2D eigenvalue weighted by molar-refractivity contribution is -0.159. The number of aromatic amines is 1. The van der Waals surface area contributed by atoms with E-state index in [-0.39, 0.29) is 30.9 Å². The number of urea groups is 2. The van der Waals surface area contributed by atoms with Gasteiger partial charge in [-0.25, -0.2) is 9.59 Å². The maximum Gasteiger partial charge on any atom is 0.322 e. The molecule has 1 aromatic heterocycles. The fraction of sp³-hybridized carbons (Fsp3) is 0.407. The number of carbonyl (C=O) groups excluding carboxylic acids is 3. The number of fused-ring (bicyclic) bond motifs is 2. The van der Waals surface area contributed by atoms with Crippen LogP contribution in [0.5, 0.6) is 0 Å². The molecule has 2 aliphatic rings. The van der Waals surface area contributed by atoms with Crippen molar-refractivity contribution in [1.29, 1.82) is 0 Å². The van der Waals surface area contributed by atoms with Gasteiger partial charge in [0.2, 0.25) is 0 Å². The summed E-state index contributed by atoms with van der Waals surface area (Å²) in [6.07, 6.45) is 3.39. The van der Waals surface area contributed by atoms with Crippen LogP contribution in [0.1, 0.15) is 44.2 Å². The number of H-pyrrole nitrogens is 1. The van der Waals surface area contributed by atoms with E-state index in [2.05, 4.69) is 20.8 Å². The zero-order valence-corrected chi connectivity index (χ0v) is 22.2. The first kappa shape index (κ1) is 25.8. The minimum absolute atomic E-state index is 0.0283. The molecule has 1 fully saturated rings. The molecule has 10 nitrogen and oxygen atoms in total. The first-order valence-corrected chi connectivity index (χ1v) is 13.2. The molecule has 200 valence electrons. The van der Waals surface area contributed by atoms with E-state index in [4.69, 9.17) is 16.3 Å². The third kappa shape index (κ3) is 5.40. The number of likely N-dealkylation sites (tertiary alicyclic amines) is 1. The highest BCUT2D eigenvalue weighted by Crippen LogP contribution is 2.29. The standard InChI is InChI=1S/C27H31ClN6O4/c1-3-23(35)38-27(2,14-17-12-19-15-29-32-24(19)21(28)13-17)31-26(37)33-10-8-20(9-11-33)34-16-18-6-4-5-7-22(18)30-25(34)36/h4-7,12-13,15,20H,3,8-11,14,16H2,1-2H3,(H,29,32)(H,30,36)(H,31,37). The van der Waals surface area contributed by atoms with Crippen LogP contribution in [0, 0.1) is 0 Å². The molecule has 11 heteroatoms. The van der Waals surface area contributed by atoms with Crippen LogP contribution in [0.15, 0.2) is 42.6 Å². The first-order chi connectivity index (χ1) is 18.2. The number of anilines is 1. The number of nitrogens with one attached hydrogen (secondary N) is 3. The van der Waals surface area contributed by atoms with Crippen LogP contribution >= 0.6 is 11.6 Å². The molecule has 0 radical (unpaired) electrons. The smallest absolute Gasteiger partial charge is 0.322 e. The molecule has 1 unspecified atom stereocenters. The van der Waals surface area contributed by atoms with Gasteiger partial charge in [-0.2, -0.15) is 5.10 Å². The monoisotopic (exact) mass is 538 g/mol. The van der Waals surface area contributed by atoms with Gasteiger partial charge >= 0.3 is 18.0 Å². The SMILES string of the molecule is CCC(=O)OC(C)(Cc1cc(Cl)c2[nH]ncc2c1)NC(=O)N1CCC(N2Cc3ccccc3NC2=O)CC1. The van der Waals surface area contributed by atoms with E-state index >= 15 is 0 Å². The van der Waals surface area contributed by atoms with Crippen LogP contribution in [0.2, 0.25) is 5.02 Å².